The fourth-order valence-corrected chi connectivity index (χ4v) is 13.9. The van der Waals surface area contributed by atoms with Crippen LogP contribution in [0.15, 0.2) is 177 Å². The predicted octanol–water partition coefficient (Wildman–Crippen LogP) is 16.9. The van der Waals surface area contributed by atoms with Gasteiger partial charge in [-0.3, -0.25) is 14.4 Å². The van der Waals surface area contributed by atoms with Gasteiger partial charge in [0.1, 0.15) is 5.92 Å². The summed E-state index contributed by atoms with van der Waals surface area (Å²) < 4.78 is 18.8. The van der Waals surface area contributed by atoms with Gasteiger partial charge < -0.3 is 29.2 Å². The Balaban J connectivity index is 0.000000541. The van der Waals surface area contributed by atoms with Gasteiger partial charge in [-0.1, -0.05) is 111 Å². The van der Waals surface area contributed by atoms with Crippen molar-refractivity contribution in [3.63, 3.8) is 0 Å². The van der Waals surface area contributed by atoms with Crippen molar-refractivity contribution in [1.82, 2.24) is 0 Å². The number of hydrogen-bond acceptors (Lipinski definition) is 16. The Morgan fingerprint density at radius 3 is 1.27 bits per heavy atom. The monoisotopic (exact) mass is 1500 g/mol. The number of carbonyl (C=O) groups excluding carboxylic acids is 5. The molecule has 0 amide bonds. The van der Waals surface area contributed by atoms with Gasteiger partial charge in [-0.2, -0.15) is 35.4 Å². The molecule has 0 bridgehead atoms. The van der Waals surface area contributed by atoms with E-state index < -0.39 is 29.9 Å². The first-order valence-corrected chi connectivity index (χ1v) is 32.6. The second-order valence-corrected chi connectivity index (χ2v) is 25.2. The molecule has 0 aromatic heterocycles. The molecule has 0 saturated heterocycles. The van der Waals surface area contributed by atoms with E-state index >= 15 is 0 Å². The van der Waals surface area contributed by atoms with Crippen molar-refractivity contribution >= 4 is 113 Å². The third-order valence-corrected chi connectivity index (χ3v) is 19.1. The maximum Gasteiger partial charge on any atom is 0.334 e. The topological polar surface area (TPSA) is 180 Å². The van der Waals surface area contributed by atoms with Crippen molar-refractivity contribution in [1.29, 1.82) is 0 Å². The second-order valence-electron chi connectivity index (χ2n) is 20.0. The number of esters is 4. The zero-order valence-corrected chi connectivity index (χ0v) is 59.2. The summed E-state index contributed by atoms with van der Waals surface area (Å²) in [6.45, 7) is 26.1. The number of thioether (sulfide) groups is 5. The van der Waals surface area contributed by atoms with E-state index in [0.717, 1.165) is 59.9 Å². The predicted molar refractivity (Wildman–Crippen MR) is 376 cm³/mol. The number of fused-ring (bicyclic) bond motifs is 5. The molecule has 5 aliphatic heterocycles. The summed E-state index contributed by atoms with van der Waals surface area (Å²) in [6.07, 6.45) is 4.86. The van der Waals surface area contributed by atoms with Crippen LogP contribution in [0, 0.1) is 66.4 Å². The smallest absolute Gasteiger partial charge is 0.334 e. The average molecular weight is 1500 g/mol. The molecule has 0 saturated carbocycles. The second kappa shape index (κ2) is 41.8. The minimum Gasteiger partial charge on any atom is -0.478 e. The Hall–Kier alpha value is -6.56. The molecule has 0 fully saturated rings. The van der Waals surface area contributed by atoms with Crippen LogP contribution >= 0.6 is 58.8 Å². The number of carboxylic acid groups (broad SMARTS) is 1. The van der Waals surface area contributed by atoms with Crippen molar-refractivity contribution in [2.75, 3.05) is 57.2 Å². The number of hydrogen-bond donors (Lipinski definition) is 2. The molecule has 91 heavy (non-hydrogen) atoms. The molecular weight excluding hydrogens is 1410 g/mol. The SMILES string of the molecule is C.C.C=C.C=C.COC(=O)C1=Cc2cc(C)ccc2SC1.COC(=O)C1=Cc2cc(C)ccc2SC1.COC(=O)C1CSc2ccc(C)cc2C1=O.COC(=O)C1CSc2ccc(C)cc2C1O.Cc1[c-]cc(C)cc1.Cc1ccc2c(c1)C=C(C(=O)O)CS2.[W]. The normalized spacial score (nSPS) is 15.3. The summed E-state index contributed by atoms with van der Waals surface area (Å²) in [5.41, 5.74) is 14.9. The number of aliphatic hydroxyl groups excluding tert-OH is 1. The van der Waals surface area contributed by atoms with Gasteiger partial charge in [0.05, 0.1) is 40.5 Å². The summed E-state index contributed by atoms with van der Waals surface area (Å²) >= 11 is 8.07. The van der Waals surface area contributed by atoms with E-state index in [1.165, 1.54) is 77.1 Å². The fraction of sp³-hybridized carbons (Fsp3) is 0.288. The number of carbonyl (C=O) groups is 6. The summed E-state index contributed by atoms with van der Waals surface area (Å²) in [5, 5.41) is 19.0. The van der Waals surface area contributed by atoms with Crippen LogP contribution < -0.4 is 0 Å². The maximum atomic E-state index is 12.1. The molecular formula is C73H85O12S5W-. The fourth-order valence-electron chi connectivity index (χ4n) is 8.68. The van der Waals surface area contributed by atoms with Crippen LogP contribution in [-0.2, 0) is 64.0 Å². The molecule has 6 aromatic carbocycles. The van der Waals surface area contributed by atoms with Crippen LogP contribution in [0.25, 0.3) is 18.2 Å². The molecule has 12 nitrogen and oxygen atoms in total. The third kappa shape index (κ3) is 24.8. The quantitative estimate of drug-likeness (QED) is 0.0547. The van der Waals surface area contributed by atoms with E-state index in [1.54, 1.807) is 53.1 Å². The van der Waals surface area contributed by atoms with Crippen LogP contribution in [0.2, 0.25) is 0 Å². The number of aliphatic hydroxyl groups is 1. The Morgan fingerprint density at radius 1 is 0.484 bits per heavy atom. The Bertz CT molecular complexity index is 3430. The molecule has 0 radical (unpaired) electrons. The Labute approximate surface area is 575 Å². The van der Waals surface area contributed by atoms with E-state index in [0.29, 0.717) is 39.9 Å². The maximum absolute atomic E-state index is 12.1. The number of aryl methyl sites for hydroxylation is 7. The van der Waals surface area contributed by atoms with Crippen molar-refractivity contribution in [2.45, 2.75) is 93.9 Å². The standard InChI is InChI=1S/C12H14O3S.C12H12O3S.2C12H12O2S.C11H10O2S.C8H9.2C2H4.2CH4.W/c2*1-7-3-4-10-8(5-7)11(13)9(6-16-10)12(14)15-2;2*1-8-3-4-11-9(5-8)6-10(7-15-11)12(13)14-2;1-7-2-3-10-8(4-7)5-9(6-14-10)11(12)13;1-7-3-5-8(2)6-4-7;2*1-2;;;/h3-5,9,11,13H,6H2,1-2H3;3-5,9H,6H2,1-2H3;2*3-6H,7H2,1-2H3;2-5H,6H2,1H3,(H,12,13);3-5H,1-2H3;2*1-2H2;2*1H4;/q;;;;;-1;;;;;. The van der Waals surface area contributed by atoms with Crippen LogP contribution in [0.4, 0.5) is 0 Å². The zero-order chi connectivity index (χ0) is 65.2. The molecule has 0 aliphatic carbocycles. The molecule has 3 atom stereocenters. The molecule has 5 aliphatic rings. The van der Waals surface area contributed by atoms with Crippen molar-refractivity contribution < 1.29 is 79.0 Å². The summed E-state index contributed by atoms with van der Waals surface area (Å²) in [6, 6.07) is 39.6. The Kier molecular flexibility index (Phi) is 37.9. The van der Waals surface area contributed by atoms with Crippen LogP contribution in [-0.4, -0.2) is 103 Å². The minimum absolute atomic E-state index is 0. The number of ketones is 1. The van der Waals surface area contributed by atoms with Gasteiger partial charge in [-0.15, -0.1) is 85.1 Å². The number of benzene rings is 6. The zero-order valence-electron chi connectivity index (χ0n) is 52.1. The molecule has 2 N–H and O–H groups in total. The molecule has 11 rings (SSSR count). The van der Waals surface area contributed by atoms with Gasteiger partial charge in [-0.05, 0) is 111 Å². The molecule has 0 spiro atoms. The molecule has 486 valence electrons. The van der Waals surface area contributed by atoms with Crippen molar-refractivity contribution in [3.8, 4) is 0 Å². The summed E-state index contributed by atoms with van der Waals surface area (Å²) in [7, 11) is 5.50. The first-order valence-electron chi connectivity index (χ1n) is 27.6. The number of aliphatic carboxylic acids is 1. The van der Waals surface area contributed by atoms with Crippen LogP contribution in [0.3, 0.4) is 0 Å². The van der Waals surface area contributed by atoms with Gasteiger partial charge in [0.2, 0.25) is 0 Å². The van der Waals surface area contributed by atoms with E-state index in [4.69, 9.17) is 19.3 Å². The minimum atomic E-state index is -0.815. The number of rotatable bonds is 5. The van der Waals surface area contributed by atoms with E-state index in [1.807, 2.05) is 114 Å². The molecule has 3 unspecified atom stereocenters. The first kappa shape index (κ1) is 82.5. The van der Waals surface area contributed by atoms with E-state index in [9.17, 15) is 33.9 Å². The largest absolute Gasteiger partial charge is 0.478 e. The van der Waals surface area contributed by atoms with Gasteiger partial charge >= 0.3 is 29.8 Å². The molecule has 5 heterocycles. The summed E-state index contributed by atoms with van der Waals surface area (Å²) in [4.78, 5) is 74.1. The van der Waals surface area contributed by atoms with Crippen molar-refractivity contribution in [2.24, 2.45) is 11.8 Å². The van der Waals surface area contributed by atoms with Gasteiger partial charge in [0.15, 0.2) is 5.78 Å². The van der Waals surface area contributed by atoms with Crippen LogP contribution in [0.1, 0.15) is 92.5 Å². The van der Waals surface area contributed by atoms with Crippen molar-refractivity contribution in [3.05, 3.63) is 225 Å². The van der Waals surface area contributed by atoms with Gasteiger partial charge in [-0.25, -0.2) is 14.4 Å². The number of ether oxygens (including phenoxy) is 4. The Morgan fingerprint density at radius 2 is 0.868 bits per heavy atom. The average Bonchev–Trinajstić information content (AvgIpc) is 1.67. The summed E-state index contributed by atoms with van der Waals surface area (Å²) in [5.74, 6) is -0.272. The van der Waals surface area contributed by atoms with Gasteiger partial charge in [0, 0.05) is 96.6 Å². The van der Waals surface area contributed by atoms with E-state index in [-0.39, 0.29) is 59.6 Å². The number of Topliss-reactive ketones (excluding diaryl/α,β-unsaturated/α-hetero) is 1. The molecule has 18 heteroatoms. The number of methoxy groups -OCH3 is 4. The number of carboxylic acids is 1. The molecule has 6 aromatic rings. The van der Waals surface area contributed by atoms with Gasteiger partial charge in [0.25, 0.3) is 0 Å². The first-order chi connectivity index (χ1) is 42.1. The third-order valence-electron chi connectivity index (χ3n) is 13.3. The van der Waals surface area contributed by atoms with E-state index in [2.05, 4.69) is 92.6 Å². The van der Waals surface area contributed by atoms with Crippen LogP contribution in [0.5, 0.6) is 0 Å².